The van der Waals surface area contributed by atoms with Crippen LogP contribution < -0.4 is 5.32 Å². The monoisotopic (exact) mass is 197 g/mol. The Hall–Kier alpha value is -0.0800. The maximum atomic E-state index is 5.75. The van der Waals surface area contributed by atoms with Crippen LogP contribution in [0.25, 0.3) is 0 Å². The summed E-state index contributed by atoms with van der Waals surface area (Å²) in [6, 6.07) is 0. The molecular weight excluding hydrogens is 174 g/mol. The molecule has 0 bridgehead atoms. The third kappa shape index (κ3) is 3.25. The van der Waals surface area contributed by atoms with Crippen LogP contribution in [0, 0.1) is 5.92 Å². The Balaban J connectivity index is 1.60. The SMILES string of the molecule is C1CCC(CCC2CCCNC2)OC1. The topological polar surface area (TPSA) is 21.3 Å². The van der Waals surface area contributed by atoms with Crippen molar-refractivity contribution < 1.29 is 4.74 Å². The highest BCUT2D eigenvalue weighted by atomic mass is 16.5. The Morgan fingerprint density at radius 2 is 2.07 bits per heavy atom. The molecule has 0 spiro atoms. The lowest BCUT2D eigenvalue weighted by molar-refractivity contribution is 0.00706. The minimum Gasteiger partial charge on any atom is -0.378 e. The van der Waals surface area contributed by atoms with Crippen molar-refractivity contribution in [3.63, 3.8) is 0 Å². The van der Waals surface area contributed by atoms with E-state index in [1.165, 1.54) is 58.0 Å². The fourth-order valence-corrected chi connectivity index (χ4v) is 2.63. The zero-order valence-corrected chi connectivity index (χ0v) is 9.13. The molecule has 2 nitrogen and oxygen atoms in total. The molecule has 2 unspecified atom stereocenters. The minimum absolute atomic E-state index is 0.589. The third-order valence-electron chi connectivity index (χ3n) is 3.57. The van der Waals surface area contributed by atoms with Gasteiger partial charge < -0.3 is 10.1 Å². The standard InChI is InChI=1S/C12H23NO/c1-2-9-14-12(5-1)7-6-11-4-3-8-13-10-11/h11-13H,1-10H2. The van der Waals surface area contributed by atoms with Crippen LogP contribution in [0.1, 0.15) is 44.9 Å². The maximum Gasteiger partial charge on any atom is 0.0575 e. The summed E-state index contributed by atoms with van der Waals surface area (Å²) in [6.45, 7) is 3.48. The molecule has 0 amide bonds. The smallest absolute Gasteiger partial charge is 0.0575 e. The molecule has 2 rings (SSSR count). The lowest BCUT2D eigenvalue weighted by atomic mass is 9.92. The third-order valence-corrected chi connectivity index (χ3v) is 3.57. The van der Waals surface area contributed by atoms with E-state index in [1.54, 1.807) is 0 Å². The van der Waals surface area contributed by atoms with Crippen LogP contribution in [0.4, 0.5) is 0 Å². The molecule has 0 aliphatic carbocycles. The Morgan fingerprint density at radius 1 is 1.07 bits per heavy atom. The molecule has 82 valence electrons. The van der Waals surface area contributed by atoms with Crippen LogP contribution in [0.15, 0.2) is 0 Å². The van der Waals surface area contributed by atoms with Gasteiger partial charge in [-0.15, -0.1) is 0 Å². The van der Waals surface area contributed by atoms with Gasteiger partial charge in [0, 0.05) is 6.61 Å². The summed E-state index contributed by atoms with van der Waals surface area (Å²) in [4.78, 5) is 0. The number of nitrogens with one attached hydrogen (secondary N) is 1. The fourth-order valence-electron chi connectivity index (χ4n) is 2.63. The van der Waals surface area contributed by atoms with Gasteiger partial charge in [-0.2, -0.15) is 0 Å². The number of ether oxygens (including phenoxy) is 1. The number of hydrogen-bond donors (Lipinski definition) is 1. The van der Waals surface area contributed by atoms with Crippen molar-refractivity contribution in [3.8, 4) is 0 Å². The summed E-state index contributed by atoms with van der Waals surface area (Å²) in [6.07, 6.45) is 10.0. The molecule has 0 saturated carbocycles. The van der Waals surface area contributed by atoms with E-state index in [0.717, 1.165) is 12.5 Å². The van der Waals surface area contributed by atoms with Gasteiger partial charge in [0.2, 0.25) is 0 Å². The van der Waals surface area contributed by atoms with E-state index in [-0.39, 0.29) is 0 Å². The van der Waals surface area contributed by atoms with Gasteiger partial charge in [0.25, 0.3) is 0 Å². The van der Waals surface area contributed by atoms with Gasteiger partial charge in [-0.05, 0) is 64.0 Å². The quantitative estimate of drug-likeness (QED) is 0.750. The average Bonchev–Trinajstić information content (AvgIpc) is 2.29. The fraction of sp³-hybridized carbons (Fsp3) is 1.00. The minimum atomic E-state index is 0.589. The first-order chi connectivity index (χ1) is 6.95. The van der Waals surface area contributed by atoms with Gasteiger partial charge in [0.15, 0.2) is 0 Å². The molecule has 0 aromatic rings. The average molecular weight is 197 g/mol. The van der Waals surface area contributed by atoms with E-state index in [0.29, 0.717) is 6.10 Å². The number of rotatable bonds is 3. The van der Waals surface area contributed by atoms with Crippen LogP contribution in [-0.2, 0) is 4.74 Å². The Labute approximate surface area is 87.4 Å². The van der Waals surface area contributed by atoms with Gasteiger partial charge in [-0.25, -0.2) is 0 Å². The summed E-state index contributed by atoms with van der Waals surface area (Å²) in [5, 5.41) is 3.48. The van der Waals surface area contributed by atoms with Crippen LogP contribution in [0.5, 0.6) is 0 Å². The molecule has 2 heteroatoms. The van der Waals surface area contributed by atoms with Crippen molar-refractivity contribution in [2.24, 2.45) is 5.92 Å². The zero-order chi connectivity index (χ0) is 9.64. The van der Waals surface area contributed by atoms with E-state index in [4.69, 9.17) is 4.74 Å². The van der Waals surface area contributed by atoms with Crippen molar-refractivity contribution in [1.82, 2.24) is 5.32 Å². The molecule has 0 aromatic carbocycles. The normalized spacial score (nSPS) is 34.3. The molecule has 2 aliphatic heterocycles. The van der Waals surface area contributed by atoms with E-state index >= 15 is 0 Å². The van der Waals surface area contributed by atoms with E-state index in [1.807, 2.05) is 0 Å². The van der Waals surface area contributed by atoms with E-state index < -0.39 is 0 Å². The van der Waals surface area contributed by atoms with Crippen molar-refractivity contribution in [3.05, 3.63) is 0 Å². The second-order valence-corrected chi connectivity index (χ2v) is 4.78. The molecular formula is C12H23NO. The van der Waals surface area contributed by atoms with Gasteiger partial charge in [0.1, 0.15) is 0 Å². The molecule has 2 atom stereocenters. The molecule has 2 heterocycles. The van der Waals surface area contributed by atoms with Crippen molar-refractivity contribution >= 4 is 0 Å². The molecule has 2 saturated heterocycles. The second kappa shape index (κ2) is 5.72. The highest BCUT2D eigenvalue weighted by Gasteiger charge is 2.17. The summed E-state index contributed by atoms with van der Waals surface area (Å²) >= 11 is 0. The Kier molecular flexibility index (Phi) is 4.26. The summed E-state index contributed by atoms with van der Waals surface area (Å²) in [7, 11) is 0. The van der Waals surface area contributed by atoms with Crippen LogP contribution in [-0.4, -0.2) is 25.8 Å². The van der Waals surface area contributed by atoms with Crippen molar-refractivity contribution in [2.75, 3.05) is 19.7 Å². The van der Waals surface area contributed by atoms with E-state index in [2.05, 4.69) is 5.32 Å². The molecule has 14 heavy (non-hydrogen) atoms. The molecule has 2 aliphatic rings. The molecule has 2 fully saturated rings. The highest BCUT2D eigenvalue weighted by Crippen LogP contribution is 2.22. The van der Waals surface area contributed by atoms with Gasteiger partial charge in [-0.3, -0.25) is 0 Å². The molecule has 0 radical (unpaired) electrons. The lowest BCUT2D eigenvalue weighted by Gasteiger charge is -2.27. The predicted octanol–water partition coefficient (Wildman–Crippen LogP) is 2.34. The van der Waals surface area contributed by atoms with Crippen molar-refractivity contribution in [1.29, 1.82) is 0 Å². The van der Waals surface area contributed by atoms with Gasteiger partial charge in [0.05, 0.1) is 6.10 Å². The predicted molar refractivity (Wildman–Crippen MR) is 58.4 cm³/mol. The van der Waals surface area contributed by atoms with Crippen molar-refractivity contribution in [2.45, 2.75) is 51.0 Å². The highest BCUT2D eigenvalue weighted by molar-refractivity contribution is 4.72. The zero-order valence-electron chi connectivity index (χ0n) is 9.13. The summed E-state index contributed by atoms with van der Waals surface area (Å²) in [5.41, 5.74) is 0. The summed E-state index contributed by atoms with van der Waals surface area (Å²) < 4.78 is 5.75. The first-order valence-electron chi connectivity index (χ1n) is 6.27. The largest absolute Gasteiger partial charge is 0.378 e. The first-order valence-corrected chi connectivity index (χ1v) is 6.27. The van der Waals surface area contributed by atoms with Gasteiger partial charge >= 0.3 is 0 Å². The molecule has 0 aromatic heterocycles. The van der Waals surface area contributed by atoms with Crippen LogP contribution >= 0.6 is 0 Å². The van der Waals surface area contributed by atoms with Gasteiger partial charge in [-0.1, -0.05) is 0 Å². The Morgan fingerprint density at radius 3 is 2.79 bits per heavy atom. The number of piperidine rings is 1. The molecule has 1 N–H and O–H groups in total. The first kappa shape index (κ1) is 10.4. The number of hydrogen-bond acceptors (Lipinski definition) is 2. The van der Waals surface area contributed by atoms with Crippen LogP contribution in [0.2, 0.25) is 0 Å². The maximum absolute atomic E-state index is 5.75. The van der Waals surface area contributed by atoms with Crippen LogP contribution in [0.3, 0.4) is 0 Å². The second-order valence-electron chi connectivity index (χ2n) is 4.78. The lowest BCUT2D eigenvalue weighted by Crippen LogP contribution is -2.30. The van der Waals surface area contributed by atoms with E-state index in [9.17, 15) is 0 Å². The Bertz CT molecular complexity index is 130. The summed E-state index contributed by atoms with van der Waals surface area (Å²) in [5.74, 6) is 0.925.